The van der Waals surface area contributed by atoms with Gasteiger partial charge in [0.05, 0.1) is 5.92 Å². The van der Waals surface area contributed by atoms with Gasteiger partial charge in [-0.25, -0.2) is 17.8 Å². The van der Waals surface area contributed by atoms with E-state index in [1.807, 2.05) is 0 Å². The molecule has 0 unspecified atom stereocenters. The topological polar surface area (TPSA) is 87.6 Å². The molecule has 1 saturated heterocycles. The summed E-state index contributed by atoms with van der Waals surface area (Å²) < 4.78 is 38.9. The number of nitrogens with zero attached hydrogens (tertiary/aromatic N) is 2. The summed E-state index contributed by atoms with van der Waals surface area (Å²) in [6, 6.07) is 2.30. The number of aliphatic carboxylic acids is 1. The lowest BCUT2D eigenvalue weighted by molar-refractivity contribution is -0.142. The second-order valence-corrected chi connectivity index (χ2v) is 6.39. The summed E-state index contributed by atoms with van der Waals surface area (Å²) in [4.78, 5) is 14.5. The molecule has 0 aliphatic carbocycles. The molecule has 2 atom stereocenters. The van der Waals surface area contributed by atoms with Crippen LogP contribution >= 0.6 is 0 Å². The van der Waals surface area contributed by atoms with Crippen LogP contribution in [-0.4, -0.2) is 41.9 Å². The predicted octanol–water partition coefficient (Wildman–Crippen LogP) is 0.562. The third-order valence-corrected chi connectivity index (χ3v) is 4.97. The van der Waals surface area contributed by atoms with Gasteiger partial charge in [0.1, 0.15) is 0 Å². The highest BCUT2D eigenvalue weighted by molar-refractivity contribution is 7.89. The molecule has 0 saturated carbocycles. The first kappa shape index (κ1) is 13.9. The van der Waals surface area contributed by atoms with Crippen molar-refractivity contribution in [3.63, 3.8) is 0 Å². The van der Waals surface area contributed by atoms with Crippen molar-refractivity contribution >= 4 is 16.0 Å². The number of carboxylic acid groups (broad SMARTS) is 1. The number of hydrogen-bond acceptors (Lipinski definition) is 4. The molecule has 0 amide bonds. The predicted molar refractivity (Wildman–Crippen MR) is 63.2 cm³/mol. The van der Waals surface area contributed by atoms with Gasteiger partial charge in [0, 0.05) is 19.3 Å². The van der Waals surface area contributed by atoms with Crippen molar-refractivity contribution in [3.05, 3.63) is 24.1 Å². The van der Waals surface area contributed by atoms with Gasteiger partial charge in [-0.05, 0) is 18.1 Å². The molecular weight excluding hydrogens is 275 g/mol. The SMILES string of the molecule is C[C@@H]1CN(S(=O)(=O)c2ncccc2F)C[C@H]1C(=O)O. The van der Waals surface area contributed by atoms with Crippen molar-refractivity contribution in [2.75, 3.05) is 13.1 Å². The smallest absolute Gasteiger partial charge is 0.308 e. The van der Waals surface area contributed by atoms with Crippen LogP contribution in [0.5, 0.6) is 0 Å². The first-order valence-corrected chi connectivity index (χ1v) is 7.11. The lowest BCUT2D eigenvalue weighted by Crippen LogP contribution is -2.31. The summed E-state index contributed by atoms with van der Waals surface area (Å²) in [6.07, 6.45) is 1.18. The van der Waals surface area contributed by atoms with Crippen LogP contribution in [0.15, 0.2) is 23.4 Å². The lowest BCUT2D eigenvalue weighted by atomic mass is 9.99. The van der Waals surface area contributed by atoms with Gasteiger partial charge in [-0.1, -0.05) is 6.92 Å². The Balaban J connectivity index is 2.33. The number of sulfonamides is 1. The van der Waals surface area contributed by atoms with Crippen molar-refractivity contribution in [3.8, 4) is 0 Å². The average molecular weight is 288 g/mol. The van der Waals surface area contributed by atoms with E-state index >= 15 is 0 Å². The molecule has 1 fully saturated rings. The van der Waals surface area contributed by atoms with Gasteiger partial charge in [0.25, 0.3) is 10.0 Å². The second kappa shape index (κ2) is 4.86. The van der Waals surface area contributed by atoms with E-state index in [9.17, 15) is 17.6 Å². The molecule has 1 N–H and O–H groups in total. The largest absolute Gasteiger partial charge is 0.481 e. The van der Waals surface area contributed by atoms with Gasteiger partial charge >= 0.3 is 5.97 Å². The van der Waals surface area contributed by atoms with E-state index in [1.165, 1.54) is 12.3 Å². The van der Waals surface area contributed by atoms with Gasteiger partial charge in [-0.3, -0.25) is 4.79 Å². The Bertz CT molecular complexity index is 604. The quantitative estimate of drug-likeness (QED) is 0.878. The molecule has 2 heterocycles. The zero-order chi connectivity index (χ0) is 14.2. The van der Waals surface area contributed by atoms with Crippen LogP contribution in [0.2, 0.25) is 0 Å². The summed E-state index contributed by atoms with van der Waals surface area (Å²) >= 11 is 0. The van der Waals surface area contributed by atoms with Gasteiger partial charge < -0.3 is 5.11 Å². The van der Waals surface area contributed by atoms with E-state index in [2.05, 4.69) is 4.98 Å². The van der Waals surface area contributed by atoms with Crippen LogP contribution in [0.3, 0.4) is 0 Å². The number of hydrogen-bond donors (Lipinski definition) is 1. The fourth-order valence-corrected chi connectivity index (χ4v) is 3.66. The van der Waals surface area contributed by atoms with E-state index in [0.29, 0.717) is 0 Å². The van der Waals surface area contributed by atoms with Gasteiger partial charge in [-0.2, -0.15) is 4.31 Å². The van der Waals surface area contributed by atoms with Crippen LogP contribution in [0.4, 0.5) is 4.39 Å². The van der Waals surface area contributed by atoms with Crippen LogP contribution in [0.1, 0.15) is 6.92 Å². The second-order valence-electron chi connectivity index (χ2n) is 4.53. The molecule has 0 aromatic carbocycles. The standard InChI is InChI=1S/C11H13FN2O4S/c1-7-5-14(6-8(7)11(15)16)19(17,18)10-9(12)3-2-4-13-10/h2-4,7-8H,5-6H2,1H3,(H,15,16)/t7-,8-/m1/s1. The number of aromatic nitrogens is 1. The zero-order valence-corrected chi connectivity index (χ0v) is 11.0. The molecule has 2 rings (SSSR count). The third-order valence-electron chi connectivity index (χ3n) is 3.21. The lowest BCUT2D eigenvalue weighted by Gasteiger charge is -2.15. The number of halogens is 1. The molecule has 19 heavy (non-hydrogen) atoms. The normalized spacial score (nSPS) is 24.5. The van der Waals surface area contributed by atoms with Crippen molar-refractivity contribution in [1.82, 2.24) is 9.29 Å². The Labute approximate surface area is 109 Å². The molecule has 1 aromatic rings. The molecule has 1 aliphatic rings. The van der Waals surface area contributed by atoms with Crippen LogP contribution in [-0.2, 0) is 14.8 Å². The maximum atomic E-state index is 13.5. The van der Waals surface area contributed by atoms with E-state index in [1.54, 1.807) is 6.92 Å². The number of rotatable bonds is 3. The Morgan fingerprint density at radius 2 is 2.21 bits per heavy atom. The van der Waals surface area contributed by atoms with Crippen molar-refractivity contribution in [2.24, 2.45) is 11.8 Å². The number of pyridine rings is 1. The molecular formula is C11H13FN2O4S. The fraction of sp³-hybridized carbons (Fsp3) is 0.455. The molecule has 8 heteroatoms. The van der Waals surface area contributed by atoms with Crippen LogP contribution in [0.25, 0.3) is 0 Å². The minimum Gasteiger partial charge on any atom is -0.481 e. The van der Waals surface area contributed by atoms with Crippen LogP contribution < -0.4 is 0 Å². The van der Waals surface area contributed by atoms with E-state index in [-0.39, 0.29) is 19.0 Å². The molecule has 6 nitrogen and oxygen atoms in total. The maximum Gasteiger partial charge on any atom is 0.308 e. The molecule has 1 aromatic heterocycles. The Morgan fingerprint density at radius 3 is 2.74 bits per heavy atom. The molecule has 0 bridgehead atoms. The Hall–Kier alpha value is -1.54. The molecule has 1 aliphatic heterocycles. The van der Waals surface area contributed by atoms with E-state index in [0.717, 1.165) is 10.4 Å². The highest BCUT2D eigenvalue weighted by Crippen LogP contribution is 2.28. The average Bonchev–Trinajstić information content (AvgIpc) is 2.72. The Morgan fingerprint density at radius 1 is 1.53 bits per heavy atom. The maximum absolute atomic E-state index is 13.5. The first-order valence-electron chi connectivity index (χ1n) is 5.67. The Kier molecular flexibility index (Phi) is 3.55. The zero-order valence-electron chi connectivity index (χ0n) is 10.2. The summed E-state index contributed by atoms with van der Waals surface area (Å²) in [6.45, 7) is 1.55. The summed E-state index contributed by atoms with van der Waals surface area (Å²) in [5, 5.41) is 8.32. The number of carbonyl (C=O) groups is 1. The minimum atomic E-state index is -4.08. The fourth-order valence-electron chi connectivity index (χ4n) is 2.12. The van der Waals surface area contributed by atoms with Crippen molar-refractivity contribution in [2.45, 2.75) is 11.9 Å². The molecule has 0 spiro atoms. The van der Waals surface area contributed by atoms with E-state index < -0.39 is 32.8 Å². The van der Waals surface area contributed by atoms with Crippen molar-refractivity contribution in [1.29, 1.82) is 0 Å². The van der Waals surface area contributed by atoms with Gasteiger partial charge in [0.2, 0.25) is 5.03 Å². The van der Waals surface area contributed by atoms with Crippen LogP contribution in [0, 0.1) is 17.7 Å². The summed E-state index contributed by atoms with van der Waals surface area (Å²) in [5.41, 5.74) is 0. The minimum absolute atomic E-state index is 0.0509. The summed E-state index contributed by atoms with van der Waals surface area (Å²) in [5.74, 6) is -3.08. The summed E-state index contributed by atoms with van der Waals surface area (Å²) in [7, 11) is -4.08. The molecule has 0 radical (unpaired) electrons. The van der Waals surface area contributed by atoms with Gasteiger partial charge in [-0.15, -0.1) is 0 Å². The van der Waals surface area contributed by atoms with Crippen molar-refractivity contribution < 1.29 is 22.7 Å². The highest BCUT2D eigenvalue weighted by atomic mass is 32.2. The molecule has 104 valence electrons. The van der Waals surface area contributed by atoms with E-state index in [4.69, 9.17) is 5.11 Å². The third kappa shape index (κ3) is 2.45. The highest BCUT2D eigenvalue weighted by Gasteiger charge is 2.41. The number of carboxylic acids is 1. The first-order chi connectivity index (χ1) is 8.84. The van der Waals surface area contributed by atoms with Gasteiger partial charge in [0.15, 0.2) is 5.82 Å². The monoisotopic (exact) mass is 288 g/mol.